The second-order valence-corrected chi connectivity index (χ2v) is 7.05. The highest BCUT2D eigenvalue weighted by Crippen LogP contribution is 2.25. The summed E-state index contributed by atoms with van der Waals surface area (Å²) in [4.78, 5) is 22.5. The molecule has 0 bridgehead atoms. The molecule has 4 aromatic rings. The molecule has 0 aliphatic heterocycles. The Morgan fingerprint density at radius 2 is 1.79 bits per heavy atom. The smallest absolute Gasteiger partial charge is 0.274 e. The number of carbonyl (C=O) groups is 1. The normalized spacial score (nSPS) is 10.7. The van der Waals surface area contributed by atoms with Crippen molar-refractivity contribution in [1.82, 2.24) is 25.0 Å². The third-order valence-electron chi connectivity index (χ3n) is 4.14. The molecule has 1 aromatic carbocycles. The van der Waals surface area contributed by atoms with Crippen molar-refractivity contribution in [3.05, 3.63) is 82.5 Å². The van der Waals surface area contributed by atoms with Crippen molar-refractivity contribution < 1.29 is 4.79 Å². The van der Waals surface area contributed by atoms with Crippen LogP contribution in [0.15, 0.2) is 61.2 Å². The van der Waals surface area contributed by atoms with Gasteiger partial charge in [-0.05, 0) is 42.3 Å². The number of aromatic nitrogens is 5. The molecule has 29 heavy (non-hydrogen) atoms. The summed E-state index contributed by atoms with van der Waals surface area (Å²) in [6.07, 6.45) is 6.17. The first-order chi connectivity index (χ1) is 14.0. The Hall–Kier alpha value is -3.29. The van der Waals surface area contributed by atoms with Gasteiger partial charge in [0.1, 0.15) is 5.69 Å². The van der Waals surface area contributed by atoms with Crippen LogP contribution in [0.2, 0.25) is 10.0 Å². The molecule has 0 radical (unpaired) electrons. The number of rotatable bonds is 4. The molecule has 0 aliphatic rings. The van der Waals surface area contributed by atoms with Crippen LogP contribution < -0.4 is 5.32 Å². The number of aryl methyl sites for hydroxylation is 1. The minimum Gasteiger partial charge on any atom is -0.319 e. The summed E-state index contributed by atoms with van der Waals surface area (Å²) < 4.78 is 0. The van der Waals surface area contributed by atoms with Crippen LogP contribution in [0.3, 0.4) is 0 Å². The minimum absolute atomic E-state index is 0.306. The highest BCUT2D eigenvalue weighted by molar-refractivity contribution is 6.32. The number of amides is 1. The second-order valence-electron chi connectivity index (χ2n) is 6.20. The molecule has 0 saturated heterocycles. The number of nitrogens with zero attached hydrogens (tertiary/aromatic N) is 5. The van der Waals surface area contributed by atoms with Crippen molar-refractivity contribution in [3.8, 4) is 16.9 Å². The molecule has 0 unspecified atom stereocenters. The van der Waals surface area contributed by atoms with Gasteiger partial charge < -0.3 is 5.32 Å². The fourth-order valence-electron chi connectivity index (χ4n) is 2.80. The SMILES string of the molecule is Cc1cc(-c2cccc(Cl)c2)cnc1C(=O)Nc1cnc(-n2nccn2)c(Cl)c1. The van der Waals surface area contributed by atoms with Gasteiger partial charge in [0.05, 0.1) is 29.3 Å². The largest absolute Gasteiger partial charge is 0.319 e. The van der Waals surface area contributed by atoms with Crippen LogP contribution in [0, 0.1) is 6.92 Å². The van der Waals surface area contributed by atoms with Crippen molar-refractivity contribution in [2.24, 2.45) is 0 Å². The summed E-state index contributed by atoms with van der Waals surface area (Å²) in [5, 5.41) is 11.7. The van der Waals surface area contributed by atoms with Crippen LogP contribution in [0.5, 0.6) is 0 Å². The molecule has 3 aromatic heterocycles. The number of hydrogen-bond donors (Lipinski definition) is 1. The highest BCUT2D eigenvalue weighted by atomic mass is 35.5. The summed E-state index contributed by atoms with van der Waals surface area (Å²) in [6, 6.07) is 10.9. The maximum Gasteiger partial charge on any atom is 0.274 e. The van der Waals surface area contributed by atoms with Crippen LogP contribution in [-0.2, 0) is 0 Å². The van der Waals surface area contributed by atoms with Crippen molar-refractivity contribution in [2.45, 2.75) is 6.92 Å². The molecular weight excluding hydrogens is 411 g/mol. The van der Waals surface area contributed by atoms with E-state index >= 15 is 0 Å². The lowest BCUT2D eigenvalue weighted by Gasteiger charge is -2.10. The molecule has 1 N–H and O–H groups in total. The van der Waals surface area contributed by atoms with Gasteiger partial charge in [0.15, 0.2) is 5.82 Å². The van der Waals surface area contributed by atoms with Gasteiger partial charge in [0.2, 0.25) is 0 Å². The Kier molecular flexibility index (Phi) is 5.24. The Morgan fingerprint density at radius 1 is 1.00 bits per heavy atom. The third-order valence-corrected chi connectivity index (χ3v) is 4.65. The van der Waals surface area contributed by atoms with Gasteiger partial charge in [-0.15, -0.1) is 4.80 Å². The maximum absolute atomic E-state index is 12.7. The Morgan fingerprint density at radius 3 is 2.48 bits per heavy atom. The van der Waals surface area contributed by atoms with Crippen LogP contribution in [0.4, 0.5) is 5.69 Å². The zero-order valence-corrected chi connectivity index (χ0v) is 16.7. The van der Waals surface area contributed by atoms with Gasteiger partial charge in [-0.3, -0.25) is 9.78 Å². The average molecular weight is 425 g/mol. The first-order valence-electron chi connectivity index (χ1n) is 8.57. The Balaban J connectivity index is 1.55. The topological polar surface area (TPSA) is 85.6 Å². The fraction of sp³-hybridized carbons (Fsp3) is 0.0500. The lowest BCUT2D eigenvalue weighted by atomic mass is 10.0. The molecule has 7 nitrogen and oxygen atoms in total. The molecule has 9 heteroatoms. The monoisotopic (exact) mass is 424 g/mol. The zero-order chi connectivity index (χ0) is 20.4. The summed E-state index contributed by atoms with van der Waals surface area (Å²) >= 11 is 12.3. The number of nitrogens with one attached hydrogen (secondary N) is 1. The van der Waals surface area contributed by atoms with Crippen LogP contribution in [0.25, 0.3) is 16.9 Å². The van der Waals surface area contributed by atoms with E-state index in [1.54, 1.807) is 18.3 Å². The zero-order valence-electron chi connectivity index (χ0n) is 15.2. The molecule has 144 valence electrons. The summed E-state index contributed by atoms with van der Waals surface area (Å²) in [7, 11) is 0. The molecule has 0 aliphatic carbocycles. The fourth-order valence-corrected chi connectivity index (χ4v) is 3.23. The van der Waals surface area contributed by atoms with Gasteiger partial charge in [-0.25, -0.2) is 4.98 Å². The first kappa shape index (κ1) is 19.0. The lowest BCUT2D eigenvalue weighted by molar-refractivity contribution is 0.102. The second kappa shape index (κ2) is 7.98. The van der Waals surface area contributed by atoms with E-state index in [4.69, 9.17) is 23.2 Å². The van der Waals surface area contributed by atoms with E-state index < -0.39 is 0 Å². The third kappa shape index (κ3) is 4.11. The van der Waals surface area contributed by atoms with Crippen molar-refractivity contribution in [2.75, 3.05) is 5.32 Å². The molecule has 0 spiro atoms. The molecular formula is C20H14Cl2N6O. The first-order valence-corrected chi connectivity index (χ1v) is 9.33. The molecule has 1 amide bonds. The molecule has 4 rings (SSSR count). The van der Waals surface area contributed by atoms with E-state index in [1.165, 1.54) is 23.4 Å². The van der Waals surface area contributed by atoms with E-state index in [-0.39, 0.29) is 5.91 Å². The highest BCUT2D eigenvalue weighted by Gasteiger charge is 2.14. The van der Waals surface area contributed by atoms with Gasteiger partial charge in [0, 0.05) is 16.8 Å². The van der Waals surface area contributed by atoms with Crippen LogP contribution in [-0.4, -0.2) is 30.9 Å². The van der Waals surface area contributed by atoms with Gasteiger partial charge in [0.25, 0.3) is 5.91 Å². The summed E-state index contributed by atoms with van der Waals surface area (Å²) in [5.74, 6) is 0.0119. The van der Waals surface area contributed by atoms with Crippen LogP contribution in [0.1, 0.15) is 16.1 Å². The summed E-state index contributed by atoms with van der Waals surface area (Å²) in [5.41, 5.74) is 3.29. The van der Waals surface area contributed by atoms with E-state index in [0.717, 1.165) is 16.7 Å². The van der Waals surface area contributed by atoms with Gasteiger partial charge in [-0.1, -0.05) is 35.3 Å². The van der Waals surface area contributed by atoms with E-state index in [1.807, 2.05) is 31.2 Å². The average Bonchev–Trinajstić information content (AvgIpc) is 3.22. The molecule has 0 saturated carbocycles. The minimum atomic E-state index is -0.358. The van der Waals surface area contributed by atoms with Crippen molar-refractivity contribution in [1.29, 1.82) is 0 Å². The lowest BCUT2D eigenvalue weighted by Crippen LogP contribution is -2.16. The van der Waals surface area contributed by atoms with Gasteiger partial charge in [-0.2, -0.15) is 10.2 Å². The summed E-state index contributed by atoms with van der Waals surface area (Å²) in [6.45, 7) is 1.83. The molecule has 0 atom stereocenters. The van der Waals surface area contributed by atoms with E-state index in [2.05, 4.69) is 25.5 Å². The van der Waals surface area contributed by atoms with E-state index in [0.29, 0.717) is 27.2 Å². The van der Waals surface area contributed by atoms with Gasteiger partial charge >= 0.3 is 0 Å². The number of pyridine rings is 2. The molecule has 3 heterocycles. The number of hydrogen-bond acceptors (Lipinski definition) is 5. The number of halogens is 2. The predicted molar refractivity (Wildman–Crippen MR) is 112 cm³/mol. The Bertz CT molecular complexity index is 1190. The van der Waals surface area contributed by atoms with E-state index in [9.17, 15) is 4.79 Å². The van der Waals surface area contributed by atoms with Crippen LogP contribution >= 0.6 is 23.2 Å². The quantitative estimate of drug-likeness (QED) is 0.517. The number of anilines is 1. The Labute approximate surface area is 176 Å². The predicted octanol–water partition coefficient (Wildman–Crippen LogP) is 4.59. The molecule has 0 fully saturated rings. The van der Waals surface area contributed by atoms with Crippen molar-refractivity contribution >= 4 is 34.8 Å². The number of benzene rings is 1. The standard InChI is InChI=1S/C20H14Cl2N6O/c1-12-7-14(13-3-2-4-15(21)8-13)10-23-18(12)20(29)27-16-9-17(22)19(24-11-16)28-25-5-6-26-28/h2-11H,1H3,(H,27,29). The number of carbonyl (C=O) groups excluding carboxylic acids is 1. The van der Waals surface area contributed by atoms with Crippen molar-refractivity contribution in [3.63, 3.8) is 0 Å². The maximum atomic E-state index is 12.7.